The van der Waals surface area contributed by atoms with Crippen molar-refractivity contribution in [2.75, 3.05) is 13.6 Å². The zero-order valence-electron chi connectivity index (χ0n) is 17.0. The molecule has 1 aromatic heterocycles. The molecule has 1 unspecified atom stereocenters. The van der Waals surface area contributed by atoms with E-state index >= 15 is 0 Å². The minimum Gasteiger partial charge on any atom is -0.270 e. The molecule has 2 fully saturated rings. The van der Waals surface area contributed by atoms with E-state index < -0.39 is 6.04 Å². The summed E-state index contributed by atoms with van der Waals surface area (Å²) in [4.78, 5) is 33.8. The van der Waals surface area contributed by atoms with Gasteiger partial charge in [0.05, 0.1) is 6.04 Å². The van der Waals surface area contributed by atoms with Crippen molar-refractivity contribution in [3.63, 3.8) is 0 Å². The van der Waals surface area contributed by atoms with Crippen molar-refractivity contribution in [3.05, 3.63) is 11.4 Å². The van der Waals surface area contributed by atoms with Crippen molar-refractivity contribution in [1.29, 1.82) is 0 Å². The van der Waals surface area contributed by atoms with Crippen molar-refractivity contribution >= 4 is 23.7 Å². The number of carbonyl (C=O) groups excluding carboxylic acids is 2. The van der Waals surface area contributed by atoms with E-state index in [2.05, 4.69) is 23.0 Å². The lowest BCUT2D eigenvalue weighted by Gasteiger charge is -2.34. The SMILES string of the molecule is Cc1c(C)[n+]2c(n1C1CCCCC1)N=C1C2C(=O)N(CC(C)C)C(=O)N1C. The molecule has 146 valence electrons. The number of fused-ring (bicyclic) bond motifs is 3. The van der Waals surface area contributed by atoms with E-state index in [0.29, 0.717) is 18.4 Å². The molecule has 0 radical (unpaired) electrons. The summed E-state index contributed by atoms with van der Waals surface area (Å²) in [5, 5.41) is 0. The highest BCUT2D eigenvalue weighted by Crippen LogP contribution is 2.37. The zero-order valence-corrected chi connectivity index (χ0v) is 17.0. The number of rotatable bonds is 3. The minimum atomic E-state index is -0.523. The molecule has 2 aliphatic heterocycles. The number of urea groups is 1. The molecule has 4 rings (SSSR count). The maximum absolute atomic E-state index is 13.3. The topological polar surface area (TPSA) is 61.8 Å². The highest BCUT2D eigenvalue weighted by molar-refractivity contribution is 6.19. The Bertz CT molecular complexity index is 832. The summed E-state index contributed by atoms with van der Waals surface area (Å²) in [7, 11) is 1.73. The predicted molar refractivity (Wildman–Crippen MR) is 102 cm³/mol. The molecule has 0 aromatic carbocycles. The zero-order chi connectivity index (χ0) is 19.5. The smallest absolute Gasteiger partial charge is 0.270 e. The number of hydrogen-bond donors (Lipinski definition) is 0. The Morgan fingerprint density at radius 2 is 1.81 bits per heavy atom. The van der Waals surface area contributed by atoms with Crippen LogP contribution in [0.2, 0.25) is 0 Å². The Hall–Kier alpha value is -2.18. The van der Waals surface area contributed by atoms with Gasteiger partial charge in [0.2, 0.25) is 11.9 Å². The normalized spacial score (nSPS) is 23.2. The molecule has 7 nitrogen and oxygen atoms in total. The first kappa shape index (κ1) is 18.2. The van der Waals surface area contributed by atoms with Gasteiger partial charge in [0.15, 0.2) is 0 Å². The van der Waals surface area contributed by atoms with Crippen LogP contribution in [-0.4, -0.2) is 45.7 Å². The Balaban J connectivity index is 1.81. The van der Waals surface area contributed by atoms with E-state index in [1.807, 2.05) is 13.8 Å². The molecule has 1 atom stereocenters. The van der Waals surface area contributed by atoms with E-state index in [9.17, 15) is 9.59 Å². The third-order valence-corrected chi connectivity index (χ3v) is 6.24. The van der Waals surface area contributed by atoms with Crippen molar-refractivity contribution in [2.45, 2.75) is 71.9 Å². The van der Waals surface area contributed by atoms with Gasteiger partial charge in [0, 0.05) is 13.6 Å². The van der Waals surface area contributed by atoms with Crippen molar-refractivity contribution in [1.82, 2.24) is 14.4 Å². The number of hydrogen-bond acceptors (Lipinski definition) is 3. The lowest BCUT2D eigenvalue weighted by Crippen LogP contribution is -2.63. The number of carbonyl (C=O) groups is 2. The second-order valence-corrected chi connectivity index (χ2v) is 8.56. The fourth-order valence-corrected chi connectivity index (χ4v) is 4.77. The van der Waals surface area contributed by atoms with E-state index in [1.54, 1.807) is 11.9 Å². The van der Waals surface area contributed by atoms with Crippen LogP contribution in [0.3, 0.4) is 0 Å². The van der Waals surface area contributed by atoms with Crippen molar-refractivity contribution < 1.29 is 14.2 Å². The van der Waals surface area contributed by atoms with Crippen LogP contribution in [0, 0.1) is 19.8 Å². The molecule has 0 bridgehead atoms. The molecule has 1 aromatic rings. The molecule has 7 heteroatoms. The molecule has 3 aliphatic rings. The second kappa shape index (κ2) is 6.46. The number of nitrogens with zero attached hydrogens (tertiary/aromatic N) is 5. The van der Waals surface area contributed by atoms with Crippen LogP contribution in [0.15, 0.2) is 4.99 Å². The fourth-order valence-electron chi connectivity index (χ4n) is 4.77. The first-order valence-corrected chi connectivity index (χ1v) is 10.1. The van der Waals surface area contributed by atoms with Gasteiger partial charge in [-0.3, -0.25) is 14.6 Å². The van der Waals surface area contributed by atoms with Crippen LogP contribution in [0.25, 0.3) is 0 Å². The maximum atomic E-state index is 13.3. The van der Waals surface area contributed by atoms with E-state index in [0.717, 1.165) is 24.5 Å². The molecule has 27 heavy (non-hydrogen) atoms. The monoisotopic (exact) mass is 372 g/mol. The Morgan fingerprint density at radius 3 is 2.44 bits per heavy atom. The predicted octanol–water partition coefficient (Wildman–Crippen LogP) is 3.03. The maximum Gasteiger partial charge on any atom is 0.402 e. The largest absolute Gasteiger partial charge is 0.402 e. The average molecular weight is 372 g/mol. The summed E-state index contributed by atoms with van der Waals surface area (Å²) in [5.41, 5.74) is 2.25. The van der Waals surface area contributed by atoms with Gasteiger partial charge < -0.3 is 0 Å². The third-order valence-electron chi connectivity index (χ3n) is 6.24. The van der Waals surface area contributed by atoms with Gasteiger partial charge in [0.1, 0.15) is 11.4 Å². The highest BCUT2D eigenvalue weighted by atomic mass is 16.2. The summed E-state index contributed by atoms with van der Waals surface area (Å²) in [6.45, 7) is 8.66. The lowest BCUT2D eigenvalue weighted by molar-refractivity contribution is -0.683. The minimum absolute atomic E-state index is 0.154. The first-order chi connectivity index (χ1) is 12.8. The van der Waals surface area contributed by atoms with E-state index in [1.165, 1.54) is 29.9 Å². The summed E-state index contributed by atoms with van der Waals surface area (Å²) in [6, 6.07) is -0.362. The Labute approximate surface area is 160 Å². The highest BCUT2D eigenvalue weighted by Gasteiger charge is 2.54. The molecular weight excluding hydrogens is 342 g/mol. The number of aliphatic imine (C=N–C) groups is 1. The van der Waals surface area contributed by atoms with Crippen LogP contribution < -0.4 is 4.57 Å². The lowest BCUT2D eigenvalue weighted by atomic mass is 9.95. The summed E-state index contributed by atoms with van der Waals surface area (Å²) in [5.74, 6) is 1.47. The molecule has 1 saturated carbocycles. The van der Waals surface area contributed by atoms with Gasteiger partial charge in [-0.1, -0.05) is 25.3 Å². The molecule has 3 heterocycles. The number of likely N-dealkylation sites (N-methyl/N-ethyl adjacent to an activating group) is 1. The van der Waals surface area contributed by atoms with E-state index in [-0.39, 0.29) is 17.9 Å². The van der Waals surface area contributed by atoms with Crippen molar-refractivity contribution in [2.24, 2.45) is 10.9 Å². The number of amidine groups is 1. The quantitative estimate of drug-likeness (QED) is 0.766. The number of imide groups is 1. The van der Waals surface area contributed by atoms with E-state index in [4.69, 9.17) is 4.99 Å². The number of amides is 3. The number of imidazole rings is 1. The van der Waals surface area contributed by atoms with Crippen LogP contribution in [0.4, 0.5) is 10.7 Å². The van der Waals surface area contributed by atoms with Crippen LogP contribution >= 0.6 is 0 Å². The average Bonchev–Trinajstić information content (AvgIpc) is 3.14. The van der Waals surface area contributed by atoms with Crippen LogP contribution in [0.1, 0.15) is 69.4 Å². The summed E-state index contributed by atoms with van der Waals surface area (Å²) < 4.78 is 4.37. The molecular formula is C20H30N5O2+. The molecule has 1 aliphatic carbocycles. The molecule has 0 N–H and O–H groups in total. The van der Waals surface area contributed by atoms with Gasteiger partial charge in [-0.15, -0.1) is 0 Å². The summed E-state index contributed by atoms with van der Waals surface area (Å²) >= 11 is 0. The van der Waals surface area contributed by atoms with Gasteiger partial charge >= 0.3 is 12.0 Å². The first-order valence-electron chi connectivity index (χ1n) is 10.1. The molecule has 0 spiro atoms. The fraction of sp³-hybridized carbons (Fsp3) is 0.700. The third kappa shape index (κ3) is 2.62. The van der Waals surface area contributed by atoms with Gasteiger partial charge in [-0.25, -0.2) is 13.9 Å². The Kier molecular flexibility index (Phi) is 4.35. The standard InChI is InChI=1S/C20H30N5O2/c1-12(2)11-23-18(26)16-17(22(5)20(23)27)21-19-24(13(3)14(4)25(16)19)15-9-7-6-8-10-15/h12,15-16H,6-11H2,1-5H3/q+1. The molecule has 1 saturated heterocycles. The van der Waals surface area contributed by atoms with Crippen LogP contribution in [0.5, 0.6) is 0 Å². The van der Waals surface area contributed by atoms with Crippen LogP contribution in [-0.2, 0) is 4.79 Å². The van der Waals surface area contributed by atoms with Gasteiger partial charge in [-0.2, -0.15) is 0 Å². The second-order valence-electron chi connectivity index (χ2n) is 8.56. The number of aromatic nitrogens is 2. The van der Waals surface area contributed by atoms with Gasteiger partial charge in [-0.05, 0) is 45.4 Å². The summed E-state index contributed by atoms with van der Waals surface area (Å²) in [6.07, 6.45) is 6.07. The van der Waals surface area contributed by atoms with Gasteiger partial charge in [0.25, 0.3) is 5.91 Å². The Morgan fingerprint density at radius 1 is 1.15 bits per heavy atom. The molecule has 3 amide bonds. The van der Waals surface area contributed by atoms with Crippen molar-refractivity contribution in [3.8, 4) is 0 Å².